The SMILES string of the molecule is Cc1ccc(NC(=O)c2cnc(Br)cn2)c(C)c1. The van der Waals surface area contributed by atoms with E-state index in [1.165, 1.54) is 12.4 Å². The van der Waals surface area contributed by atoms with Gasteiger partial charge in [-0.25, -0.2) is 9.97 Å². The van der Waals surface area contributed by atoms with Gasteiger partial charge in [0.05, 0.1) is 12.4 Å². The highest BCUT2D eigenvalue weighted by molar-refractivity contribution is 9.10. The van der Waals surface area contributed by atoms with Gasteiger partial charge >= 0.3 is 0 Å². The summed E-state index contributed by atoms with van der Waals surface area (Å²) in [5, 5.41) is 2.82. The zero-order valence-electron chi connectivity index (χ0n) is 10.1. The second kappa shape index (κ2) is 5.27. The molecule has 4 nitrogen and oxygen atoms in total. The molecule has 0 fully saturated rings. The van der Waals surface area contributed by atoms with Gasteiger partial charge in [-0.15, -0.1) is 0 Å². The van der Waals surface area contributed by atoms with E-state index in [9.17, 15) is 4.79 Å². The monoisotopic (exact) mass is 305 g/mol. The molecule has 1 amide bonds. The van der Waals surface area contributed by atoms with Crippen LogP contribution in [0.2, 0.25) is 0 Å². The molecule has 1 aromatic heterocycles. The molecule has 2 aromatic rings. The first kappa shape index (κ1) is 12.7. The number of carbonyl (C=O) groups excluding carboxylic acids is 1. The predicted octanol–water partition coefficient (Wildman–Crippen LogP) is 3.11. The van der Waals surface area contributed by atoms with Crippen molar-refractivity contribution in [1.82, 2.24) is 9.97 Å². The third-order valence-electron chi connectivity index (χ3n) is 2.48. The van der Waals surface area contributed by atoms with Gasteiger partial charge in [0, 0.05) is 5.69 Å². The fourth-order valence-corrected chi connectivity index (χ4v) is 1.77. The van der Waals surface area contributed by atoms with Crippen LogP contribution in [0, 0.1) is 13.8 Å². The van der Waals surface area contributed by atoms with Gasteiger partial charge in [-0.2, -0.15) is 0 Å². The summed E-state index contributed by atoms with van der Waals surface area (Å²) in [7, 11) is 0. The smallest absolute Gasteiger partial charge is 0.275 e. The molecule has 0 unspecified atom stereocenters. The van der Waals surface area contributed by atoms with E-state index in [0.717, 1.165) is 16.8 Å². The van der Waals surface area contributed by atoms with E-state index >= 15 is 0 Å². The highest BCUT2D eigenvalue weighted by Gasteiger charge is 2.09. The molecule has 0 atom stereocenters. The molecule has 18 heavy (non-hydrogen) atoms. The van der Waals surface area contributed by atoms with Crippen LogP contribution in [-0.2, 0) is 0 Å². The summed E-state index contributed by atoms with van der Waals surface area (Å²) in [6, 6.07) is 5.85. The van der Waals surface area contributed by atoms with Gasteiger partial charge in [0.1, 0.15) is 10.3 Å². The number of nitrogens with one attached hydrogen (secondary N) is 1. The van der Waals surface area contributed by atoms with Crippen molar-refractivity contribution in [1.29, 1.82) is 0 Å². The maximum absolute atomic E-state index is 11.9. The number of halogens is 1. The van der Waals surface area contributed by atoms with Crippen LogP contribution in [0.15, 0.2) is 35.2 Å². The Hall–Kier alpha value is -1.75. The molecule has 0 spiro atoms. The van der Waals surface area contributed by atoms with Gasteiger partial charge in [0.15, 0.2) is 0 Å². The number of amides is 1. The summed E-state index contributed by atoms with van der Waals surface area (Å²) in [5.74, 6) is -0.262. The van der Waals surface area contributed by atoms with E-state index in [2.05, 4.69) is 31.2 Å². The van der Waals surface area contributed by atoms with Crippen molar-refractivity contribution in [3.63, 3.8) is 0 Å². The Kier molecular flexibility index (Phi) is 3.72. The van der Waals surface area contributed by atoms with Gasteiger partial charge in [-0.05, 0) is 41.4 Å². The average Bonchev–Trinajstić information content (AvgIpc) is 2.33. The third kappa shape index (κ3) is 2.92. The molecular formula is C13H12BrN3O. The van der Waals surface area contributed by atoms with Crippen molar-refractivity contribution in [2.45, 2.75) is 13.8 Å². The summed E-state index contributed by atoms with van der Waals surface area (Å²) in [6.07, 6.45) is 2.93. The molecule has 0 aliphatic rings. The van der Waals surface area contributed by atoms with E-state index in [-0.39, 0.29) is 11.6 Å². The van der Waals surface area contributed by atoms with Crippen LogP contribution in [0.25, 0.3) is 0 Å². The van der Waals surface area contributed by atoms with Gasteiger partial charge in [0.2, 0.25) is 0 Å². The molecule has 0 radical (unpaired) electrons. The van der Waals surface area contributed by atoms with Crippen LogP contribution in [0.4, 0.5) is 5.69 Å². The number of anilines is 1. The van der Waals surface area contributed by atoms with Crippen molar-refractivity contribution < 1.29 is 4.79 Å². The molecule has 0 saturated carbocycles. The first-order valence-corrected chi connectivity index (χ1v) is 6.22. The highest BCUT2D eigenvalue weighted by atomic mass is 79.9. The van der Waals surface area contributed by atoms with Crippen LogP contribution in [-0.4, -0.2) is 15.9 Å². The molecule has 0 aliphatic heterocycles. The molecule has 2 rings (SSSR count). The van der Waals surface area contributed by atoms with Gasteiger partial charge in [-0.3, -0.25) is 4.79 Å². The highest BCUT2D eigenvalue weighted by Crippen LogP contribution is 2.16. The fourth-order valence-electron chi connectivity index (χ4n) is 1.57. The Morgan fingerprint density at radius 2 is 2.00 bits per heavy atom. The minimum atomic E-state index is -0.262. The fraction of sp³-hybridized carbons (Fsp3) is 0.154. The molecule has 0 aliphatic carbocycles. The number of hydrogen-bond acceptors (Lipinski definition) is 3. The van der Waals surface area contributed by atoms with Crippen LogP contribution in [0.3, 0.4) is 0 Å². The second-order valence-electron chi connectivity index (χ2n) is 4.00. The predicted molar refractivity (Wildman–Crippen MR) is 73.6 cm³/mol. The Labute approximate surface area is 114 Å². The number of hydrogen-bond donors (Lipinski definition) is 1. The first-order chi connectivity index (χ1) is 8.56. The van der Waals surface area contributed by atoms with Gasteiger partial charge in [-0.1, -0.05) is 17.7 Å². The molecular weight excluding hydrogens is 294 g/mol. The van der Waals surface area contributed by atoms with E-state index in [1.807, 2.05) is 32.0 Å². The molecule has 0 bridgehead atoms. The molecule has 1 heterocycles. The topological polar surface area (TPSA) is 54.9 Å². The Balaban J connectivity index is 2.18. The maximum Gasteiger partial charge on any atom is 0.275 e. The van der Waals surface area contributed by atoms with Crippen molar-refractivity contribution >= 4 is 27.5 Å². The maximum atomic E-state index is 11.9. The quantitative estimate of drug-likeness (QED) is 0.927. The van der Waals surface area contributed by atoms with E-state index in [1.54, 1.807) is 0 Å². The van der Waals surface area contributed by atoms with E-state index in [0.29, 0.717) is 4.60 Å². The van der Waals surface area contributed by atoms with Crippen molar-refractivity contribution in [2.75, 3.05) is 5.32 Å². The molecule has 1 aromatic carbocycles. The number of carbonyl (C=O) groups is 1. The summed E-state index contributed by atoms with van der Waals surface area (Å²) >= 11 is 3.18. The molecule has 92 valence electrons. The molecule has 0 saturated heterocycles. The van der Waals surface area contributed by atoms with Crippen molar-refractivity contribution in [3.05, 3.63) is 52.0 Å². The standard InChI is InChI=1S/C13H12BrN3O/c1-8-3-4-10(9(2)5-8)17-13(18)11-6-16-12(14)7-15-11/h3-7H,1-2H3,(H,17,18). The first-order valence-electron chi connectivity index (χ1n) is 5.42. The van der Waals surface area contributed by atoms with E-state index < -0.39 is 0 Å². The van der Waals surface area contributed by atoms with Crippen LogP contribution < -0.4 is 5.32 Å². The van der Waals surface area contributed by atoms with Crippen molar-refractivity contribution in [2.24, 2.45) is 0 Å². The zero-order valence-corrected chi connectivity index (χ0v) is 11.7. The van der Waals surface area contributed by atoms with Crippen LogP contribution >= 0.6 is 15.9 Å². The number of aryl methyl sites for hydroxylation is 2. The lowest BCUT2D eigenvalue weighted by atomic mass is 10.1. The second-order valence-corrected chi connectivity index (χ2v) is 4.81. The largest absolute Gasteiger partial charge is 0.320 e. The Bertz CT molecular complexity index is 581. The number of nitrogens with zero attached hydrogens (tertiary/aromatic N) is 2. The number of rotatable bonds is 2. The van der Waals surface area contributed by atoms with Gasteiger partial charge in [0.25, 0.3) is 5.91 Å². The summed E-state index contributed by atoms with van der Waals surface area (Å²) in [6.45, 7) is 3.97. The minimum absolute atomic E-state index is 0.262. The lowest BCUT2D eigenvalue weighted by Gasteiger charge is -2.08. The Morgan fingerprint density at radius 1 is 1.22 bits per heavy atom. The summed E-state index contributed by atoms with van der Waals surface area (Å²) in [4.78, 5) is 19.9. The van der Waals surface area contributed by atoms with Crippen molar-refractivity contribution in [3.8, 4) is 0 Å². The lowest BCUT2D eigenvalue weighted by molar-refractivity contribution is 0.102. The minimum Gasteiger partial charge on any atom is -0.320 e. The van der Waals surface area contributed by atoms with E-state index in [4.69, 9.17) is 0 Å². The zero-order chi connectivity index (χ0) is 13.1. The average molecular weight is 306 g/mol. The van der Waals surface area contributed by atoms with Gasteiger partial charge < -0.3 is 5.32 Å². The number of aromatic nitrogens is 2. The number of benzene rings is 1. The summed E-state index contributed by atoms with van der Waals surface area (Å²) in [5.41, 5.74) is 3.26. The molecule has 5 heteroatoms. The third-order valence-corrected chi connectivity index (χ3v) is 2.89. The lowest BCUT2D eigenvalue weighted by Crippen LogP contribution is -2.14. The van der Waals surface area contributed by atoms with Crippen LogP contribution in [0.5, 0.6) is 0 Å². The van der Waals surface area contributed by atoms with Crippen LogP contribution in [0.1, 0.15) is 21.6 Å². The summed E-state index contributed by atoms with van der Waals surface area (Å²) < 4.78 is 0.602. The Morgan fingerprint density at radius 3 is 2.61 bits per heavy atom. The molecule has 1 N–H and O–H groups in total. The normalized spacial score (nSPS) is 10.2.